The third-order valence-corrected chi connectivity index (χ3v) is 4.89. The smallest absolute Gasteiger partial charge is 0.0750 e. The third kappa shape index (κ3) is 3.96. The van der Waals surface area contributed by atoms with E-state index in [4.69, 9.17) is 4.74 Å². The molecule has 2 aliphatic carbocycles. The highest BCUT2D eigenvalue weighted by Crippen LogP contribution is 2.40. The monoisotopic (exact) mass is 253 g/mol. The third-order valence-electron chi connectivity index (χ3n) is 4.89. The van der Waals surface area contributed by atoms with Crippen molar-refractivity contribution in [3.63, 3.8) is 0 Å². The molecule has 0 aliphatic heterocycles. The van der Waals surface area contributed by atoms with Gasteiger partial charge < -0.3 is 10.1 Å². The number of ether oxygens (including phenoxy) is 1. The van der Waals surface area contributed by atoms with Gasteiger partial charge in [0.2, 0.25) is 0 Å². The molecular weight excluding hydrogens is 222 g/mol. The summed E-state index contributed by atoms with van der Waals surface area (Å²) in [5, 5.41) is 3.75. The predicted molar refractivity (Wildman–Crippen MR) is 76.8 cm³/mol. The summed E-state index contributed by atoms with van der Waals surface area (Å²) in [7, 11) is 0. The summed E-state index contributed by atoms with van der Waals surface area (Å²) in [4.78, 5) is 0. The van der Waals surface area contributed by atoms with Crippen LogP contribution in [0.15, 0.2) is 0 Å². The molecule has 2 nitrogen and oxygen atoms in total. The lowest BCUT2D eigenvalue weighted by molar-refractivity contribution is -0.0129. The second kappa shape index (κ2) is 6.38. The summed E-state index contributed by atoms with van der Waals surface area (Å²) < 4.78 is 5.76. The van der Waals surface area contributed by atoms with Crippen LogP contribution in [0.1, 0.15) is 65.7 Å². The number of hydrogen-bond donors (Lipinski definition) is 1. The number of nitrogens with one attached hydrogen (secondary N) is 1. The molecule has 0 amide bonds. The topological polar surface area (TPSA) is 21.3 Å². The van der Waals surface area contributed by atoms with Crippen molar-refractivity contribution < 1.29 is 4.74 Å². The Balaban J connectivity index is 1.74. The van der Waals surface area contributed by atoms with Crippen LogP contribution in [0.4, 0.5) is 0 Å². The van der Waals surface area contributed by atoms with Gasteiger partial charge in [0.05, 0.1) is 5.60 Å². The molecular formula is C16H31NO. The molecule has 2 aliphatic rings. The van der Waals surface area contributed by atoms with Crippen molar-refractivity contribution in [2.45, 2.75) is 77.4 Å². The van der Waals surface area contributed by atoms with Crippen molar-refractivity contribution in [1.29, 1.82) is 0 Å². The van der Waals surface area contributed by atoms with E-state index < -0.39 is 0 Å². The van der Waals surface area contributed by atoms with Crippen LogP contribution in [0, 0.1) is 11.8 Å². The van der Waals surface area contributed by atoms with Gasteiger partial charge in [0.25, 0.3) is 0 Å². The van der Waals surface area contributed by atoms with Crippen molar-refractivity contribution in [3.8, 4) is 0 Å². The fraction of sp³-hybridized carbons (Fsp3) is 1.00. The zero-order chi connectivity index (χ0) is 13.0. The van der Waals surface area contributed by atoms with Crippen LogP contribution in [0.3, 0.4) is 0 Å². The molecule has 3 unspecified atom stereocenters. The van der Waals surface area contributed by atoms with Gasteiger partial charge >= 0.3 is 0 Å². The number of rotatable bonds is 5. The van der Waals surface area contributed by atoms with Crippen LogP contribution < -0.4 is 5.32 Å². The zero-order valence-electron chi connectivity index (χ0n) is 12.5. The van der Waals surface area contributed by atoms with Gasteiger partial charge in [-0.3, -0.25) is 0 Å². The molecule has 2 rings (SSSR count). The van der Waals surface area contributed by atoms with Gasteiger partial charge in [0.15, 0.2) is 0 Å². The Labute approximate surface area is 113 Å². The maximum absolute atomic E-state index is 5.76. The van der Waals surface area contributed by atoms with E-state index in [1.54, 1.807) is 0 Å². The number of fused-ring (bicyclic) bond motifs is 1. The Kier molecular flexibility index (Phi) is 5.08. The Bertz CT molecular complexity index is 251. The second-order valence-electron chi connectivity index (χ2n) is 6.89. The van der Waals surface area contributed by atoms with Crippen LogP contribution in [0.5, 0.6) is 0 Å². The molecule has 1 N–H and O–H groups in total. The second-order valence-corrected chi connectivity index (χ2v) is 6.89. The molecule has 0 heterocycles. The molecule has 2 saturated carbocycles. The van der Waals surface area contributed by atoms with Crippen LogP contribution in [-0.2, 0) is 4.74 Å². The van der Waals surface area contributed by atoms with Crippen molar-refractivity contribution in [1.82, 2.24) is 5.32 Å². The van der Waals surface area contributed by atoms with Crippen LogP contribution >= 0.6 is 0 Å². The first-order chi connectivity index (χ1) is 8.61. The maximum atomic E-state index is 5.76. The van der Waals surface area contributed by atoms with E-state index in [0.717, 1.165) is 31.0 Å². The normalized spacial score (nSPS) is 33.2. The van der Waals surface area contributed by atoms with Gasteiger partial charge in [0.1, 0.15) is 0 Å². The lowest BCUT2D eigenvalue weighted by Crippen LogP contribution is -2.45. The lowest BCUT2D eigenvalue weighted by atomic mass is 9.69. The average molecular weight is 253 g/mol. The fourth-order valence-corrected chi connectivity index (χ4v) is 3.89. The Morgan fingerprint density at radius 2 is 1.78 bits per heavy atom. The van der Waals surface area contributed by atoms with Crippen molar-refractivity contribution in [3.05, 3.63) is 0 Å². The molecule has 2 heteroatoms. The largest absolute Gasteiger partial charge is 0.375 e. The Hall–Kier alpha value is -0.0800. The standard InChI is InChI=1S/C16H31NO/c1-4-18-16(2,3)12-17-15-10-9-13-7-5-6-8-14(13)11-15/h13-15,17H,4-12H2,1-3H3. The molecule has 0 spiro atoms. The van der Waals surface area contributed by atoms with Gasteiger partial charge in [-0.05, 0) is 51.9 Å². The minimum absolute atomic E-state index is 0.0157. The predicted octanol–water partition coefficient (Wildman–Crippen LogP) is 3.75. The molecule has 0 saturated heterocycles. The zero-order valence-corrected chi connectivity index (χ0v) is 12.5. The van der Waals surface area contributed by atoms with Crippen molar-refractivity contribution in [2.75, 3.05) is 13.2 Å². The molecule has 18 heavy (non-hydrogen) atoms. The first-order valence-electron chi connectivity index (χ1n) is 7.98. The van der Waals surface area contributed by atoms with E-state index >= 15 is 0 Å². The highest BCUT2D eigenvalue weighted by molar-refractivity contribution is 4.87. The van der Waals surface area contributed by atoms with Gasteiger partial charge in [-0.1, -0.05) is 25.7 Å². The van der Waals surface area contributed by atoms with E-state index in [-0.39, 0.29) is 5.60 Å². The summed E-state index contributed by atoms with van der Waals surface area (Å²) >= 11 is 0. The summed E-state index contributed by atoms with van der Waals surface area (Å²) in [6.07, 6.45) is 10.2. The minimum atomic E-state index is -0.0157. The quantitative estimate of drug-likeness (QED) is 0.805. The molecule has 106 valence electrons. The summed E-state index contributed by atoms with van der Waals surface area (Å²) in [6, 6.07) is 0.740. The summed E-state index contributed by atoms with van der Waals surface area (Å²) in [6.45, 7) is 8.26. The molecule has 0 aromatic carbocycles. The van der Waals surface area contributed by atoms with E-state index in [2.05, 4.69) is 26.1 Å². The maximum Gasteiger partial charge on any atom is 0.0750 e. The Morgan fingerprint density at radius 1 is 1.06 bits per heavy atom. The average Bonchev–Trinajstić information content (AvgIpc) is 2.36. The van der Waals surface area contributed by atoms with E-state index in [1.807, 2.05) is 0 Å². The first kappa shape index (κ1) is 14.3. The lowest BCUT2D eigenvalue weighted by Gasteiger charge is -2.40. The summed E-state index contributed by atoms with van der Waals surface area (Å²) in [5.41, 5.74) is -0.0157. The molecule has 0 aromatic rings. The van der Waals surface area contributed by atoms with Gasteiger partial charge in [0, 0.05) is 19.2 Å². The Morgan fingerprint density at radius 3 is 2.50 bits per heavy atom. The van der Waals surface area contributed by atoms with E-state index in [0.29, 0.717) is 0 Å². The van der Waals surface area contributed by atoms with Crippen molar-refractivity contribution in [2.24, 2.45) is 11.8 Å². The highest BCUT2D eigenvalue weighted by Gasteiger charge is 2.32. The molecule has 0 bridgehead atoms. The molecule has 0 radical (unpaired) electrons. The van der Waals surface area contributed by atoms with Crippen LogP contribution in [0.25, 0.3) is 0 Å². The fourth-order valence-electron chi connectivity index (χ4n) is 3.89. The molecule has 2 fully saturated rings. The van der Waals surface area contributed by atoms with E-state index in [1.165, 1.54) is 44.9 Å². The summed E-state index contributed by atoms with van der Waals surface area (Å²) in [5.74, 6) is 2.07. The first-order valence-corrected chi connectivity index (χ1v) is 7.98. The highest BCUT2D eigenvalue weighted by atomic mass is 16.5. The SMILES string of the molecule is CCOC(C)(C)CNC1CCC2CCCCC2C1. The minimum Gasteiger partial charge on any atom is -0.375 e. The van der Waals surface area contributed by atoms with Crippen molar-refractivity contribution >= 4 is 0 Å². The molecule has 0 aromatic heterocycles. The van der Waals surface area contributed by atoms with Gasteiger partial charge in [-0.25, -0.2) is 0 Å². The van der Waals surface area contributed by atoms with Gasteiger partial charge in [-0.2, -0.15) is 0 Å². The van der Waals surface area contributed by atoms with Crippen LogP contribution in [-0.4, -0.2) is 24.8 Å². The number of hydrogen-bond acceptors (Lipinski definition) is 2. The van der Waals surface area contributed by atoms with Gasteiger partial charge in [-0.15, -0.1) is 0 Å². The van der Waals surface area contributed by atoms with E-state index in [9.17, 15) is 0 Å². The van der Waals surface area contributed by atoms with Crippen LogP contribution in [0.2, 0.25) is 0 Å². The molecule has 3 atom stereocenters.